The summed E-state index contributed by atoms with van der Waals surface area (Å²) in [5.74, 6) is -0.996. The largest absolute Gasteiger partial charge is 0.480 e. The van der Waals surface area contributed by atoms with E-state index in [1.165, 1.54) is 17.1 Å². The van der Waals surface area contributed by atoms with Crippen LogP contribution in [0.1, 0.15) is 11.1 Å². The maximum Gasteiger partial charge on any atom is 0.325 e. The van der Waals surface area contributed by atoms with Crippen molar-refractivity contribution in [1.82, 2.24) is 9.78 Å². The normalized spacial score (nSPS) is 10.2. The van der Waals surface area contributed by atoms with Crippen LogP contribution >= 0.6 is 0 Å². The van der Waals surface area contributed by atoms with Crippen LogP contribution in [0.5, 0.6) is 0 Å². The number of urea groups is 1. The number of nitrogens with one attached hydrogen (secondary N) is 2. The van der Waals surface area contributed by atoms with Gasteiger partial charge in [0, 0.05) is 11.9 Å². The van der Waals surface area contributed by atoms with Gasteiger partial charge in [-0.25, -0.2) is 4.79 Å². The molecule has 0 aliphatic carbocycles. The molecule has 7 heteroatoms. The van der Waals surface area contributed by atoms with E-state index in [4.69, 9.17) is 5.11 Å². The lowest BCUT2D eigenvalue weighted by atomic mass is 10.1. The van der Waals surface area contributed by atoms with Crippen LogP contribution in [0.4, 0.5) is 16.2 Å². The molecule has 0 unspecified atom stereocenters. The second-order valence-corrected chi connectivity index (χ2v) is 4.67. The van der Waals surface area contributed by atoms with Gasteiger partial charge in [0.05, 0.1) is 11.9 Å². The van der Waals surface area contributed by atoms with Crippen molar-refractivity contribution in [1.29, 1.82) is 0 Å². The predicted molar refractivity (Wildman–Crippen MR) is 78.4 cm³/mol. The molecule has 3 N–H and O–H groups in total. The van der Waals surface area contributed by atoms with E-state index in [1.54, 1.807) is 0 Å². The summed E-state index contributed by atoms with van der Waals surface area (Å²) in [6.45, 7) is 3.57. The minimum absolute atomic E-state index is 0.250. The smallest absolute Gasteiger partial charge is 0.325 e. The Hall–Kier alpha value is -2.83. The number of rotatable bonds is 4. The number of anilines is 2. The van der Waals surface area contributed by atoms with Crippen molar-refractivity contribution in [2.24, 2.45) is 0 Å². The van der Waals surface area contributed by atoms with Crippen molar-refractivity contribution in [3.05, 3.63) is 41.7 Å². The Morgan fingerprint density at radius 1 is 1.24 bits per heavy atom. The Bertz CT molecular complexity index is 658. The molecule has 0 aliphatic rings. The van der Waals surface area contributed by atoms with Crippen LogP contribution in [-0.4, -0.2) is 26.9 Å². The number of carboxylic acid groups (broad SMARTS) is 1. The first kappa shape index (κ1) is 14.6. The Balaban J connectivity index is 2.02. The zero-order valence-corrected chi connectivity index (χ0v) is 11.8. The van der Waals surface area contributed by atoms with Crippen LogP contribution in [0.3, 0.4) is 0 Å². The molecule has 2 rings (SSSR count). The van der Waals surface area contributed by atoms with Gasteiger partial charge in [-0.15, -0.1) is 0 Å². The summed E-state index contributed by atoms with van der Waals surface area (Å²) in [5.41, 5.74) is 3.12. The van der Waals surface area contributed by atoms with Gasteiger partial charge in [-0.1, -0.05) is 18.2 Å². The predicted octanol–water partition coefficient (Wildman–Crippen LogP) is 2.23. The third kappa shape index (κ3) is 3.82. The number of amides is 2. The quantitative estimate of drug-likeness (QED) is 0.803. The van der Waals surface area contributed by atoms with Crippen molar-refractivity contribution >= 4 is 23.4 Å². The molecule has 2 amide bonds. The highest BCUT2D eigenvalue weighted by atomic mass is 16.4. The zero-order chi connectivity index (χ0) is 15.4. The number of carbonyl (C=O) groups is 2. The molecule has 0 fully saturated rings. The minimum Gasteiger partial charge on any atom is -0.480 e. The minimum atomic E-state index is -0.996. The summed E-state index contributed by atoms with van der Waals surface area (Å²) < 4.78 is 1.23. The second kappa shape index (κ2) is 6.08. The highest BCUT2D eigenvalue weighted by molar-refractivity contribution is 6.00. The van der Waals surface area contributed by atoms with Crippen LogP contribution < -0.4 is 10.6 Å². The first-order valence-electron chi connectivity index (χ1n) is 6.34. The summed E-state index contributed by atoms with van der Waals surface area (Å²) in [6, 6.07) is 5.34. The van der Waals surface area contributed by atoms with Crippen LogP contribution in [0.25, 0.3) is 0 Å². The lowest BCUT2D eigenvalue weighted by molar-refractivity contribution is -0.137. The third-order valence-corrected chi connectivity index (χ3v) is 2.91. The molecule has 1 aromatic carbocycles. The first-order valence-corrected chi connectivity index (χ1v) is 6.34. The Morgan fingerprint density at radius 3 is 2.52 bits per heavy atom. The van der Waals surface area contributed by atoms with Gasteiger partial charge in [0.1, 0.15) is 6.54 Å². The number of para-hydroxylation sites is 1. The number of aryl methyl sites for hydroxylation is 2. The Labute approximate surface area is 121 Å². The van der Waals surface area contributed by atoms with Gasteiger partial charge in [0.15, 0.2) is 0 Å². The molecule has 0 saturated heterocycles. The summed E-state index contributed by atoms with van der Waals surface area (Å²) in [4.78, 5) is 22.5. The average Bonchev–Trinajstić information content (AvgIpc) is 2.80. The number of carboxylic acids is 1. The molecule has 0 atom stereocenters. The number of benzene rings is 1. The highest BCUT2D eigenvalue weighted by Crippen LogP contribution is 2.19. The molecule has 0 bridgehead atoms. The Kier molecular flexibility index (Phi) is 4.22. The fraction of sp³-hybridized carbons (Fsp3) is 0.214. The molecular weight excluding hydrogens is 272 g/mol. The van der Waals surface area contributed by atoms with E-state index in [0.29, 0.717) is 5.69 Å². The number of aliphatic carboxylic acids is 1. The molecule has 1 heterocycles. The molecular formula is C14H16N4O3. The molecule has 0 saturated carbocycles. The van der Waals surface area contributed by atoms with Crippen molar-refractivity contribution in [2.75, 3.05) is 10.6 Å². The van der Waals surface area contributed by atoms with E-state index in [1.807, 2.05) is 32.0 Å². The number of hydrogen-bond donors (Lipinski definition) is 3. The monoisotopic (exact) mass is 288 g/mol. The summed E-state index contributed by atoms with van der Waals surface area (Å²) in [7, 11) is 0. The molecule has 0 spiro atoms. The van der Waals surface area contributed by atoms with Gasteiger partial charge >= 0.3 is 12.0 Å². The third-order valence-electron chi connectivity index (χ3n) is 2.91. The van der Waals surface area contributed by atoms with E-state index >= 15 is 0 Å². The first-order chi connectivity index (χ1) is 9.95. The number of aromatic nitrogens is 2. The van der Waals surface area contributed by atoms with E-state index in [9.17, 15) is 9.59 Å². The molecule has 1 aromatic heterocycles. The Morgan fingerprint density at radius 2 is 1.90 bits per heavy atom. The van der Waals surface area contributed by atoms with Crippen LogP contribution in [0.15, 0.2) is 30.6 Å². The van der Waals surface area contributed by atoms with Crippen LogP contribution in [0.2, 0.25) is 0 Å². The van der Waals surface area contributed by atoms with Gasteiger partial charge in [-0.2, -0.15) is 5.10 Å². The van der Waals surface area contributed by atoms with Gasteiger partial charge in [0.25, 0.3) is 0 Å². The standard InChI is InChI=1S/C14H16N4O3/c1-9-4-3-5-10(2)13(9)17-14(21)16-11-6-15-18(7-11)8-12(19)20/h3-7H,8H2,1-2H3,(H,19,20)(H2,16,17,21). The lowest BCUT2D eigenvalue weighted by Crippen LogP contribution is -2.20. The van der Waals surface area contributed by atoms with Crippen LogP contribution in [-0.2, 0) is 11.3 Å². The maximum absolute atomic E-state index is 11.9. The van der Waals surface area contributed by atoms with Gasteiger partial charge in [0.2, 0.25) is 0 Å². The molecule has 7 nitrogen and oxygen atoms in total. The zero-order valence-electron chi connectivity index (χ0n) is 11.8. The molecule has 2 aromatic rings. The van der Waals surface area contributed by atoms with Crippen molar-refractivity contribution in [2.45, 2.75) is 20.4 Å². The lowest BCUT2D eigenvalue weighted by Gasteiger charge is -2.11. The van der Waals surface area contributed by atoms with Gasteiger partial charge < -0.3 is 15.7 Å². The van der Waals surface area contributed by atoms with Crippen molar-refractivity contribution in [3.63, 3.8) is 0 Å². The highest BCUT2D eigenvalue weighted by Gasteiger charge is 2.09. The fourth-order valence-corrected chi connectivity index (χ4v) is 1.94. The van der Waals surface area contributed by atoms with Crippen molar-refractivity contribution < 1.29 is 14.7 Å². The number of carbonyl (C=O) groups excluding carboxylic acids is 1. The summed E-state index contributed by atoms with van der Waals surface area (Å²) in [5, 5.41) is 17.9. The van der Waals surface area contributed by atoms with E-state index in [0.717, 1.165) is 16.8 Å². The summed E-state index contributed by atoms with van der Waals surface area (Å²) in [6.07, 6.45) is 2.85. The second-order valence-electron chi connectivity index (χ2n) is 4.67. The molecule has 21 heavy (non-hydrogen) atoms. The fourth-order valence-electron chi connectivity index (χ4n) is 1.94. The SMILES string of the molecule is Cc1cccc(C)c1NC(=O)Nc1cnn(CC(=O)O)c1. The van der Waals surface area contributed by atoms with Gasteiger partial charge in [-0.05, 0) is 25.0 Å². The topological polar surface area (TPSA) is 96.3 Å². The molecule has 0 radical (unpaired) electrons. The van der Waals surface area contributed by atoms with E-state index in [-0.39, 0.29) is 6.54 Å². The number of hydrogen-bond acceptors (Lipinski definition) is 3. The molecule has 110 valence electrons. The molecule has 0 aliphatic heterocycles. The summed E-state index contributed by atoms with van der Waals surface area (Å²) >= 11 is 0. The maximum atomic E-state index is 11.9. The van der Waals surface area contributed by atoms with Crippen LogP contribution in [0, 0.1) is 13.8 Å². The van der Waals surface area contributed by atoms with E-state index in [2.05, 4.69) is 15.7 Å². The van der Waals surface area contributed by atoms with Crippen molar-refractivity contribution in [3.8, 4) is 0 Å². The van der Waals surface area contributed by atoms with Gasteiger partial charge in [-0.3, -0.25) is 9.48 Å². The number of nitrogens with zero attached hydrogens (tertiary/aromatic N) is 2. The van der Waals surface area contributed by atoms with E-state index < -0.39 is 12.0 Å². The average molecular weight is 288 g/mol.